The van der Waals surface area contributed by atoms with E-state index in [2.05, 4.69) is 10.3 Å². The Morgan fingerprint density at radius 3 is 2.87 bits per heavy atom. The van der Waals surface area contributed by atoms with Crippen LogP contribution in [0.5, 0.6) is 5.75 Å². The van der Waals surface area contributed by atoms with Gasteiger partial charge in [-0.3, -0.25) is 14.2 Å². The van der Waals surface area contributed by atoms with E-state index in [1.807, 2.05) is 6.92 Å². The van der Waals surface area contributed by atoms with Gasteiger partial charge in [0.25, 0.3) is 11.5 Å². The molecule has 0 aliphatic rings. The quantitative estimate of drug-likeness (QED) is 0.872. The van der Waals surface area contributed by atoms with Gasteiger partial charge in [-0.25, -0.2) is 4.98 Å². The molecule has 1 aromatic heterocycles. The van der Waals surface area contributed by atoms with Gasteiger partial charge in [-0.2, -0.15) is 0 Å². The van der Waals surface area contributed by atoms with Gasteiger partial charge in [-0.1, -0.05) is 11.6 Å². The molecule has 2 rings (SSSR count). The maximum atomic E-state index is 11.8. The minimum atomic E-state index is -0.258. The number of rotatable bonds is 6. The lowest BCUT2D eigenvalue weighted by Gasteiger charge is -2.09. The van der Waals surface area contributed by atoms with Crippen LogP contribution in [0.15, 0.2) is 35.5 Å². The molecular weight excluding hydrogens is 318 g/mol. The number of hydrogen-bond acceptors (Lipinski definition) is 4. The second-order valence-corrected chi connectivity index (χ2v) is 5.53. The Balaban J connectivity index is 1.78. The zero-order chi connectivity index (χ0) is 16.8. The highest BCUT2D eigenvalue weighted by atomic mass is 35.5. The summed E-state index contributed by atoms with van der Waals surface area (Å²) in [5, 5.41) is 3.35. The van der Waals surface area contributed by atoms with E-state index in [4.69, 9.17) is 16.3 Å². The number of nitrogens with zero attached hydrogens (tertiary/aromatic N) is 2. The Hall–Kier alpha value is -2.34. The van der Waals surface area contributed by atoms with Gasteiger partial charge in [-0.15, -0.1) is 0 Å². The molecule has 0 fully saturated rings. The van der Waals surface area contributed by atoms with Crippen molar-refractivity contribution in [1.82, 2.24) is 14.9 Å². The van der Waals surface area contributed by atoms with E-state index in [1.54, 1.807) is 25.1 Å². The van der Waals surface area contributed by atoms with E-state index in [9.17, 15) is 9.59 Å². The predicted molar refractivity (Wildman–Crippen MR) is 87.9 cm³/mol. The highest BCUT2D eigenvalue weighted by molar-refractivity contribution is 6.31. The fraction of sp³-hybridized carbons (Fsp3) is 0.312. The fourth-order valence-electron chi connectivity index (χ4n) is 1.94. The Labute approximate surface area is 139 Å². The molecule has 1 heterocycles. The molecule has 0 aliphatic heterocycles. The smallest absolute Gasteiger partial charge is 0.258 e. The molecule has 7 heteroatoms. The summed E-state index contributed by atoms with van der Waals surface area (Å²) >= 11 is 5.93. The number of amides is 1. The van der Waals surface area contributed by atoms with Crippen molar-refractivity contribution in [1.29, 1.82) is 0 Å². The van der Waals surface area contributed by atoms with Crippen molar-refractivity contribution in [2.75, 3.05) is 13.2 Å². The fourth-order valence-corrected chi connectivity index (χ4v) is 2.06. The number of benzene rings is 1. The van der Waals surface area contributed by atoms with Crippen LogP contribution in [-0.4, -0.2) is 28.6 Å². The molecule has 1 aromatic carbocycles. The van der Waals surface area contributed by atoms with Crippen LogP contribution in [0, 0.1) is 13.8 Å². The number of carbonyl (C=O) groups is 1. The summed E-state index contributed by atoms with van der Waals surface area (Å²) in [6.07, 6.45) is 2.97. The molecule has 0 bridgehead atoms. The van der Waals surface area contributed by atoms with E-state index in [1.165, 1.54) is 17.1 Å². The summed E-state index contributed by atoms with van der Waals surface area (Å²) in [5.74, 6) is 0.326. The summed E-state index contributed by atoms with van der Waals surface area (Å²) in [5.41, 5.74) is 1.35. The first-order chi connectivity index (χ1) is 11.0. The molecular formula is C16H18ClN3O3. The van der Waals surface area contributed by atoms with Crippen molar-refractivity contribution < 1.29 is 9.53 Å². The molecule has 122 valence electrons. The number of carbonyl (C=O) groups excluding carboxylic acids is 1. The maximum absolute atomic E-state index is 11.8. The van der Waals surface area contributed by atoms with Crippen LogP contribution in [-0.2, 0) is 11.3 Å². The molecule has 23 heavy (non-hydrogen) atoms. The van der Waals surface area contributed by atoms with Crippen LogP contribution >= 0.6 is 11.6 Å². The summed E-state index contributed by atoms with van der Waals surface area (Å²) in [6.45, 7) is 4.16. The monoisotopic (exact) mass is 335 g/mol. The van der Waals surface area contributed by atoms with E-state index in [-0.39, 0.29) is 18.1 Å². The Morgan fingerprint density at radius 1 is 1.35 bits per heavy atom. The predicted octanol–water partition coefficient (Wildman–Crippen LogP) is 1.71. The van der Waals surface area contributed by atoms with Crippen LogP contribution in [0.3, 0.4) is 0 Å². The van der Waals surface area contributed by atoms with Crippen molar-refractivity contribution in [3.63, 3.8) is 0 Å². The molecule has 0 atom stereocenters. The van der Waals surface area contributed by atoms with Gasteiger partial charge in [0.05, 0.1) is 6.33 Å². The third kappa shape index (κ3) is 4.82. The van der Waals surface area contributed by atoms with Gasteiger partial charge in [0.1, 0.15) is 5.75 Å². The van der Waals surface area contributed by atoms with Crippen LogP contribution in [0.25, 0.3) is 0 Å². The highest BCUT2D eigenvalue weighted by Crippen LogP contribution is 2.20. The van der Waals surface area contributed by atoms with Crippen LogP contribution in [0.1, 0.15) is 11.1 Å². The first kappa shape index (κ1) is 17.0. The minimum Gasteiger partial charge on any atom is -0.484 e. The molecule has 0 saturated carbocycles. The average Bonchev–Trinajstić information content (AvgIpc) is 2.52. The van der Waals surface area contributed by atoms with E-state index in [0.717, 1.165) is 5.56 Å². The van der Waals surface area contributed by atoms with E-state index in [0.29, 0.717) is 29.4 Å². The molecule has 0 spiro atoms. The van der Waals surface area contributed by atoms with Crippen LogP contribution < -0.4 is 15.6 Å². The third-order valence-corrected chi connectivity index (χ3v) is 3.67. The largest absolute Gasteiger partial charge is 0.484 e. The molecule has 2 aromatic rings. The molecule has 6 nitrogen and oxygen atoms in total. The number of nitrogens with one attached hydrogen (secondary N) is 1. The minimum absolute atomic E-state index is 0.0952. The first-order valence-electron chi connectivity index (χ1n) is 7.14. The van der Waals surface area contributed by atoms with Crippen LogP contribution in [0.2, 0.25) is 5.02 Å². The van der Waals surface area contributed by atoms with Gasteiger partial charge in [-0.05, 0) is 37.6 Å². The van der Waals surface area contributed by atoms with E-state index < -0.39 is 0 Å². The summed E-state index contributed by atoms with van der Waals surface area (Å²) in [7, 11) is 0. The summed E-state index contributed by atoms with van der Waals surface area (Å²) in [6, 6.07) is 5.20. The number of aryl methyl sites for hydroxylation is 2. The van der Waals surface area contributed by atoms with Crippen molar-refractivity contribution in [2.24, 2.45) is 0 Å². The number of ether oxygens (including phenoxy) is 1. The highest BCUT2D eigenvalue weighted by Gasteiger charge is 2.05. The SMILES string of the molecule is Cc1cc(OCC(=O)NCCn2cncc(C)c2=O)ccc1Cl. The number of halogens is 1. The van der Waals surface area contributed by atoms with Crippen molar-refractivity contribution >= 4 is 17.5 Å². The van der Waals surface area contributed by atoms with Crippen molar-refractivity contribution in [2.45, 2.75) is 20.4 Å². The van der Waals surface area contributed by atoms with Gasteiger partial charge >= 0.3 is 0 Å². The third-order valence-electron chi connectivity index (χ3n) is 3.25. The van der Waals surface area contributed by atoms with Gasteiger partial charge in [0.2, 0.25) is 0 Å². The lowest BCUT2D eigenvalue weighted by atomic mass is 10.2. The molecule has 1 N–H and O–H groups in total. The second kappa shape index (κ2) is 7.78. The van der Waals surface area contributed by atoms with Crippen molar-refractivity contribution in [3.8, 4) is 5.75 Å². The zero-order valence-electron chi connectivity index (χ0n) is 13.0. The molecule has 0 saturated heterocycles. The molecule has 0 radical (unpaired) electrons. The average molecular weight is 336 g/mol. The summed E-state index contributed by atoms with van der Waals surface area (Å²) < 4.78 is 6.86. The zero-order valence-corrected chi connectivity index (χ0v) is 13.8. The normalized spacial score (nSPS) is 10.4. The molecule has 1 amide bonds. The van der Waals surface area contributed by atoms with Gasteiger partial charge < -0.3 is 10.1 Å². The standard InChI is InChI=1S/C16H18ClN3O3/c1-11-7-13(3-4-14(11)17)23-9-15(21)19-5-6-20-10-18-8-12(2)16(20)22/h3-4,7-8,10H,5-6,9H2,1-2H3,(H,19,21). The van der Waals surface area contributed by atoms with Crippen molar-refractivity contribution in [3.05, 3.63) is 57.2 Å². The van der Waals surface area contributed by atoms with Crippen LogP contribution in [0.4, 0.5) is 0 Å². The summed E-state index contributed by atoms with van der Waals surface area (Å²) in [4.78, 5) is 27.5. The first-order valence-corrected chi connectivity index (χ1v) is 7.52. The van der Waals surface area contributed by atoms with Gasteiger partial charge in [0.15, 0.2) is 6.61 Å². The Bertz CT molecular complexity index is 758. The van der Waals surface area contributed by atoms with E-state index >= 15 is 0 Å². The Kier molecular flexibility index (Phi) is 5.76. The second-order valence-electron chi connectivity index (χ2n) is 5.12. The lowest BCUT2D eigenvalue weighted by Crippen LogP contribution is -2.34. The molecule has 0 aliphatic carbocycles. The number of aromatic nitrogens is 2. The number of hydrogen-bond donors (Lipinski definition) is 1. The van der Waals surface area contributed by atoms with Gasteiger partial charge in [0, 0.05) is 29.9 Å². The lowest BCUT2D eigenvalue weighted by molar-refractivity contribution is -0.123. The Morgan fingerprint density at radius 2 is 2.13 bits per heavy atom. The topological polar surface area (TPSA) is 73.2 Å². The maximum Gasteiger partial charge on any atom is 0.258 e. The molecule has 0 unspecified atom stereocenters.